The van der Waals surface area contributed by atoms with E-state index < -0.39 is 24.6 Å². The number of alkyl halides is 4. The Morgan fingerprint density at radius 3 is 2.60 bits per heavy atom. The van der Waals surface area contributed by atoms with E-state index in [1.807, 2.05) is 0 Å². The first-order valence-corrected chi connectivity index (χ1v) is 5.09. The standard InChI is InChI=1S/C9H8F4OS/c10-8(11)9(12,13)7(14)2-1-6-3-4-15-5-6/h3-5,8H,1-2H2. The summed E-state index contributed by atoms with van der Waals surface area (Å²) in [5, 5.41) is 3.42. The highest BCUT2D eigenvalue weighted by atomic mass is 32.1. The highest BCUT2D eigenvalue weighted by molar-refractivity contribution is 7.07. The highest BCUT2D eigenvalue weighted by Crippen LogP contribution is 2.25. The van der Waals surface area contributed by atoms with Crippen LogP contribution in [0.15, 0.2) is 16.8 Å². The minimum absolute atomic E-state index is 0.0741. The average molecular weight is 240 g/mol. The van der Waals surface area contributed by atoms with E-state index in [1.54, 1.807) is 16.8 Å². The number of hydrogen-bond donors (Lipinski definition) is 0. The quantitative estimate of drug-likeness (QED) is 0.722. The maximum atomic E-state index is 12.5. The van der Waals surface area contributed by atoms with Crippen molar-refractivity contribution in [2.45, 2.75) is 25.2 Å². The van der Waals surface area contributed by atoms with Crippen LogP contribution in [0.2, 0.25) is 0 Å². The molecule has 0 radical (unpaired) electrons. The highest BCUT2D eigenvalue weighted by Gasteiger charge is 2.47. The molecule has 6 heteroatoms. The molecule has 1 rings (SSSR count). The van der Waals surface area contributed by atoms with Crippen LogP contribution in [0.25, 0.3) is 0 Å². The summed E-state index contributed by atoms with van der Waals surface area (Å²) in [6.07, 6.45) is -4.41. The van der Waals surface area contributed by atoms with Crippen molar-refractivity contribution in [2.24, 2.45) is 0 Å². The average Bonchev–Trinajstić information content (AvgIpc) is 2.66. The van der Waals surface area contributed by atoms with Gasteiger partial charge in [0, 0.05) is 6.42 Å². The summed E-state index contributed by atoms with van der Waals surface area (Å²) in [5.41, 5.74) is 0.707. The zero-order valence-electron chi connectivity index (χ0n) is 7.55. The van der Waals surface area contributed by atoms with Crippen LogP contribution in [-0.2, 0) is 11.2 Å². The fourth-order valence-electron chi connectivity index (χ4n) is 0.981. The Hall–Kier alpha value is -0.910. The van der Waals surface area contributed by atoms with E-state index in [0.29, 0.717) is 5.56 Å². The first-order valence-electron chi connectivity index (χ1n) is 4.15. The van der Waals surface area contributed by atoms with E-state index in [1.165, 1.54) is 11.3 Å². The van der Waals surface area contributed by atoms with Gasteiger partial charge in [0.1, 0.15) is 0 Å². The van der Waals surface area contributed by atoms with E-state index in [-0.39, 0.29) is 6.42 Å². The molecule has 0 aliphatic rings. The van der Waals surface area contributed by atoms with E-state index in [0.717, 1.165) is 0 Å². The van der Waals surface area contributed by atoms with E-state index in [2.05, 4.69) is 0 Å². The minimum Gasteiger partial charge on any atom is -0.293 e. The maximum absolute atomic E-state index is 12.5. The van der Waals surface area contributed by atoms with Gasteiger partial charge in [-0.15, -0.1) is 0 Å². The van der Waals surface area contributed by atoms with Crippen molar-refractivity contribution in [3.63, 3.8) is 0 Å². The number of carbonyl (C=O) groups is 1. The third-order valence-electron chi connectivity index (χ3n) is 1.87. The molecule has 0 amide bonds. The van der Waals surface area contributed by atoms with Crippen LogP contribution in [0.3, 0.4) is 0 Å². The monoisotopic (exact) mass is 240 g/mol. The molecule has 15 heavy (non-hydrogen) atoms. The Balaban J connectivity index is 2.49. The second kappa shape index (κ2) is 4.74. The van der Waals surface area contributed by atoms with Gasteiger partial charge in [0.2, 0.25) is 5.78 Å². The van der Waals surface area contributed by atoms with E-state index in [4.69, 9.17) is 0 Å². The molecule has 0 saturated carbocycles. The summed E-state index contributed by atoms with van der Waals surface area (Å²) in [6.45, 7) is 0. The van der Waals surface area contributed by atoms with Crippen molar-refractivity contribution in [2.75, 3.05) is 0 Å². The van der Waals surface area contributed by atoms with Crippen LogP contribution in [-0.4, -0.2) is 18.1 Å². The molecule has 0 atom stereocenters. The number of rotatable bonds is 5. The second-order valence-electron chi connectivity index (χ2n) is 2.98. The van der Waals surface area contributed by atoms with Crippen LogP contribution >= 0.6 is 11.3 Å². The van der Waals surface area contributed by atoms with Crippen molar-refractivity contribution in [3.8, 4) is 0 Å². The molecule has 0 bridgehead atoms. The molecule has 0 aromatic carbocycles. The molecular weight excluding hydrogens is 232 g/mol. The Labute approximate surface area is 87.7 Å². The van der Waals surface area contributed by atoms with Crippen LogP contribution in [0.1, 0.15) is 12.0 Å². The minimum atomic E-state index is -4.52. The van der Waals surface area contributed by atoms with Gasteiger partial charge in [0.05, 0.1) is 0 Å². The van der Waals surface area contributed by atoms with Gasteiger partial charge in [-0.2, -0.15) is 20.1 Å². The van der Waals surface area contributed by atoms with Gasteiger partial charge >= 0.3 is 12.3 Å². The Kier molecular flexibility index (Phi) is 3.84. The van der Waals surface area contributed by atoms with Crippen LogP contribution in [0.5, 0.6) is 0 Å². The third kappa shape index (κ3) is 3.02. The Bertz CT molecular complexity index is 321. The maximum Gasteiger partial charge on any atom is 0.364 e. The molecule has 0 spiro atoms. The second-order valence-corrected chi connectivity index (χ2v) is 3.76. The fourth-order valence-corrected chi connectivity index (χ4v) is 1.68. The zero-order chi connectivity index (χ0) is 11.5. The van der Waals surface area contributed by atoms with Crippen molar-refractivity contribution >= 4 is 17.1 Å². The molecule has 0 aliphatic heterocycles. The lowest BCUT2D eigenvalue weighted by molar-refractivity contribution is -0.166. The number of thiophene rings is 1. The van der Waals surface area contributed by atoms with E-state index >= 15 is 0 Å². The molecule has 84 valence electrons. The Morgan fingerprint density at radius 1 is 1.47 bits per heavy atom. The zero-order valence-corrected chi connectivity index (χ0v) is 8.37. The van der Waals surface area contributed by atoms with Crippen LogP contribution in [0.4, 0.5) is 17.6 Å². The number of Topliss-reactive ketones (excluding diaryl/α,β-unsaturated/α-hetero) is 1. The fraction of sp³-hybridized carbons (Fsp3) is 0.444. The predicted octanol–water partition coefficient (Wildman–Crippen LogP) is 3.15. The number of aryl methyl sites for hydroxylation is 1. The first-order chi connectivity index (χ1) is 6.94. The third-order valence-corrected chi connectivity index (χ3v) is 2.60. The molecule has 0 aliphatic carbocycles. The molecule has 0 saturated heterocycles. The molecule has 0 fully saturated rings. The first kappa shape index (κ1) is 12.2. The van der Waals surface area contributed by atoms with Gasteiger partial charge in [-0.25, -0.2) is 8.78 Å². The lowest BCUT2D eigenvalue weighted by Gasteiger charge is -2.12. The summed E-state index contributed by atoms with van der Waals surface area (Å²) in [6, 6.07) is 1.67. The molecule has 1 aromatic rings. The summed E-state index contributed by atoms with van der Waals surface area (Å²) >= 11 is 1.36. The Morgan fingerprint density at radius 2 is 2.13 bits per heavy atom. The SMILES string of the molecule is O=C(CCc1ccsc1)C(F)(F)C(F)F. The summed E-state index contributed by atoms with van der Waals surface area (Å²) < 4.78 is 48.5. The lowest BCUT2D eigenvalue weighted by Crippen LogP contribution is -2.36. The molecule has 1 aromatic heterocycles. The summed E-state index contributed by atoms with van der Waals surface area (Å²) in [7, 11) is 0. The van der Waals surface area contributed by atoms with Crippen molar-refractivity contribution in [1.82, 2.24) is 0 Å². The predicted molar refractivity (Wildman–Crippen MR) is 48.6 cm³/mol. The van der Waals surface area contributed by atoms with Gasteiger partial charge in [-0.05, 0) is 28.8 Å². The molecule has 1 nitrogen and oxygen atoms in total. The molecule has 1 heterocycles. The van der Waals surface area contributed by atoms with E-state index in [9.17, 15) is 22.4 Å². The number of ketones is 1. The number of hydrogen-bond acceptors (Lipinski definition) is 2. The number of carbonyl (C=O) groups excluding carboxylic acids is 1. The smallest absolute Gasteiger partial charge is 0.293 e. The van der Waals surface area contributed by atoms with Crippen molar-refractivity contribution in [1.29, 1.82) is 0 Å². The van der Waals surface area contributed by atoms with Gasteiger partial charge < -0.3 is 0 Å². The van der Waals surface area contributed by atoms with Crippen LogP contribution in [0, 0.1) is 0 Å². The van der Waals surface area contributed by atoms with Gasteiger partial charge in [-0.1, -0.05) is 0 Å². The van der Waals surface area contributed by atoms with Crippen LogP contribution < -0.4 is 0 Å². The summed E-state index contributed by atoms with van der Waals surface area (Å²) in [5.74, 6) is -6.22. The summed E-state index contributed by atoms with van der Waals surface area (Å²) in [4.78, 5) is 10.8. The lowest BCUT2D eigenvalue weighted by atomic mass is 10.1. The normalized spacial score (nSPS) is 12.1. The van der Waals surface area contributed by atoms with Gasteiger partial charge in [0.25, 0.3) is 0 Å². The van der Waals surface area contributed by atoms with Crippen molar-refractivity contribution in [3.05, 3.63) is 22.4 Å². The molecular formula is C9H8F4OS. The molecule has 0 N–H and O–H groups in total. The van der Waals surface area contributed by atoms with Crippen molar-refractivity contribution < 1.29 is 22.4 Å². The van der Waals surface area contributed by atoms with Gasteiger partial charge in [-0.3, -0.25) is 4.79 Å². The van der Waals surface area contributed by atoms with Gasteiger partial charge in [0.15, 0.2) is 0 Å². The molecule has 0 unspecified atom stereocenters. The number of halogens is 4. The largest absolute Gasteiger partial charge is 0.364 e. The topological polar surface area (TPSA) is 17.1 Å².